The molecule has 0 aliphatic carbocycles. The van der Waals surface area contributed by atoms with Gasteiger partial charge in [0, 0.05) is 10.3 Å². The third kappa shape index (κ3) is 2.31. The Morgan fingerprint density at radius 3 is 2.87 bits per heavy atom. The molecule has 0 fully saturated rings. The topological polar surface area (TPSA) is 63.7 Å². The first-order chi connectivity index (χ1) is 11.3. The molecule has 0 aliphatic heterocycles. The van der Waals surface area contributed by atoms with Gasteiger partial charge in [0.25, 0.3) is 0 Å². The highest BCUT2D eigenvalue weighted by atomic mass is 32.2. The molecule has 0 unspecified atom stereocenters. The van der Waals surface area contributed by atoms with E-state index in [1.165, 1.54) is 11.2 Å². The number of H-pyrrole nitrogens is 1. The van der Waals surface area contributed by atoms with Gasteiger partial charge in [0.1, 0.15) is 23.4 Å². The second-order valence-corrected chi connectivity index (χ2v) is 5.96. The van der Waals surface area contributed by atoms with Crippen molar-refractivity contribution in [3.8, 4) is 17.1 Å². The van der Waals surface area contributed by atoms with Crippen LogP contribution in [0.25, 0.3) is 33.3 Å². The molecular formula is C17H14N4OS. The standard InChI is InChI=1S/C17H14N4OS/c1-22-15-12-6-4-11(23-2)7-10(12)3-5-13(15)16-20-14-8-18-9-19-17(14)21-16/h3-9H,1-2H3,(H,18,19,20,21). The van der Waals surface area contributed by atoms with E-state index in [0.29, 0.717) is 5.65 Å². The average Bonchev–Trinajstić information content (AvgIpc) is 3.04. The number of fused-ring (bicyclic) bond motifs is 2. The predicted octanol–water partition coefficient (Wildman–Crippen LogP) is 3.90. The summed E-state index contributed by atoms with van der Waals surface area (Å²) in [5.74, 6) is 1.54. The summed E-state index contributed by atoms with van der Waals surface area (Å²) in [5, 5.41) is 2.21. The fourth-order valence-electron chi connectivity index (χ4n) is 2.70. The first-order valence-electron chi connectivity index (χ1n) is 7.11. The number of hydrogen-bond acceptors (Lipinski definition) is 5. The molecule has 23 heavy (non-hydrogen) atoms. The van der Waals surface area contributed by atoms with Gasteiger partial charge in [0.2, 0.25) is 0 Å². The molecule has 0 bridgehead atoms. The summed E-state index contributed by atoms with van der Waals surface area (Å²) < 4.78 is 5.68. The SMILES string of the molecule is COc1c(-c2nc3ncncc3[nH]2)ccc2cc(SC)ccc12. The number of rotatable bonds is 3. The van der Waals surface area contributed by atoms with Crippen molar-refractivity contribution < 1.29 is 4.74 Å². The third-order valence-electron chi connectivity index (χ3n) is 3.80. The van der Waals surface area contributed by atoms with E-state index in [1.54, 1.807) is 25.1 Å². The fraction of sp³-hybridized carbons (Fsp3) is 0.118. The second-order valence-electron chi connectivity index (χ2n) is 5.08. The van der Waals surface area contributed by atoms with Gasteiger partial charge in [-0.1, -0.05) is 6.07 Å². The van der Waals surface area contributed by atoms with Gasteiger partial charge in [-0.3, -0.25) is 0 Å². The van der Waals surface area contributed by atoms with E-state index in [9.17, 15) is 0 Å². The van der Waals surface area contributed by atoms with Crippen LogP contribution >= 0.6 is 11.8 Å². The summed E-state index contributed by atoms with van der Waals surface area (Å²) in [7, 11) is 1.68. The van der Waals surface area contributed by atoms with E-state index >= 15 is 0 Å². The van der Waals surface area contributed by atoms with Gasteiger partial charge in [-0.2, -0.15) is 0 Å². The Balaban J connectivity index is 1.95. The summed E-state index contributed by atoms with van der Waals surface area (Å²) in [6.07, 6.45) is 5.29. The molecule has 0 saturated heterocycles. The number of aromatic amines is 1. The zero-order valence-corrected chi connectivity index (χ0v) is 13.5. The molecule has 0 atom stereocenters. The quantitative estimate of drug-likeness (QED) is 0.580. The van der Waals surface area contributed by atoms with Gasteiger partial charge < -0.3 is 9.72 Å². The summed E-state index contributed by atoms with van der Waals surface area (Å²) in [6, 6.07) is 10.5. The van der Waals surface area contributed by atoms with E-state index in [-0.39, 0.29) is 0 Å². The molecular weight excluding hydrogens is 308 g/mol. The van der Waals surface area contributed by atoms with Crippen LogP contribution in [0.1, 0.15) is 0 Å². The fourth-order valence-corrected chi connectivity index (χ4v) is 3.15. The van der Waals surface area contributed by atoms with Gasteiger partial charge in [-0.25, -0.2) is 15.0 Å². The average molecular weight is 322 g/mol. The van der Waals surface area contributed by atoms with Crippen LogP contribution in [0.3, 0.4) is 0 Å². The summed E-state index contributed by atoms with van der Waals surface area (Å²) >= 11 is 1.73. The number of nitrogens with one attached hydrogen (secondary N) is 1. The zero-order valence-electron chi connectivity index (χ0n) is 12.7. The number of imidazole rings is 1. The number of thioether (sulfide) groups is 1. The molecule has 2 heterocycles. The van der Waals surface area contributed by atoms with E-state index in [4.69, 9.17) is 4.74 Å². The molecule has 0 saturated carbocycles. The number of nitrogens with zero attached hydrogens (tertiary/aromatic N) is 3. The van der Waals surface area contributed by atoms with Crippen molar-refractivity contribution in [1.29, 1.82) is 0 Å². The lowest BCUT2D eigenvalue weighted by Crippen LogP contribution is -1.91. The van der Waals surface area contributed by atoms with Gasteiger partial charge in [0.05, 0.1) is 18.9 Å². The zero-order chi connectivity index (χ0) is 15.8. The maximum absolute atomic E-state index is 5.68. The summed E-state index contributed by atoms with van der Waals surface area (Å²) in [6.45, 7) is 0. The Morgan fingerprint density at radius 2 is 2.09 bits per heavy atom. The lowest BCUT2D eigenvalue weighted by atomic mass is 10.0. The van der Waals surface area contributed by atoms with Crippen molar-refractivity contribution >= 4 is 33.7 Å². The Hall–Kier alpha value is -2.60. The smallest absolute Gasteiger partial charge is 0.181 e. The van der Waals surface area contributed by atoms with Crippen molar-refractivity contribution in [1.82, 2.24) is 19.9 Å². The normalized spacial score (nSPS) is 11.2. The maximum atomic E-state index is 5.68. The van der Waals surface area contributed by atoms with Crippen molar-refractivity contribution in [2.45, 2.75) is 4.90 Å². The van der Waals surface area contributed by atoms with E-state index in [0.717, 1.165) is 33.4 Å². The Kier molecular flexibility index (Phi) is 3.38. The summed E-state index contributed by atoms with van der Waals surface area (Å²) in [4.78, 5) is 17.2. The van der Waals surface area contributed by atoms with E-state index < -0.39 is 0 Å². The number of aromatic nitrogens is 4. The van der Waals surface area contributed by atoms with Crippen LogP contribution in [0.5, 0.6) is 5.75 Å². The van der Waals surface area contributed by atoms with Crippen molar-refractivity contribution in [2.24, 2.45) is 0 Å². The highest BCUT2D eigenvalue weighted by Crippen LogP contribution is 2.37. The van der Waals surface area contributed by atoms with Crippen LogP contribution in [0.2, 0.25) is 0 Å². The molecule has 0 amide bonds. The number of hydrogen-bond donors (Lipinski definition) is 1. The van der Waals surface area contributed by atoms with Gasteiger partial charge in [0.15, 0.2) is 5.65 Å². The maximum Gasteiger partial charge on any atom is 0.181 e. The Bertz CT molecular complexity index is 979. The van der Waals surface area contributed by atoms with Crippen LogP contribution in [0.4, 0.5) is 0 Å². The molecule has 2 aromatic heterocycles. The Labute approximate surface area is 137 Å². The van der Waals surface area contributed by atoms with Crippen molar-refractivity contribution in [3.63, 3.8) is 0 Å². The van der Waals surface area contributed by atoms with Gasteiger partial charge >= 0.3 is 0 Å². The minimum Gasteiger partial charge on any atom is -0.495 e. The number of ether oxygens (including phenoxy) is 1. The first-order valence-corrected chi connectivity index (χ1v) is 8.33. The number of methoxy groups -OCH3 is 1. The molecule has 0 radical (unpaired) electrons. The van der Waals surface area contributed by atoms with E-state index in [1.807, 2.05) is 6.07 Å². The molecule has 4 aromatic rings. The molecule has 5 nitrogen and oxygen atoms in total. The summed E-state index contributed by atoms with van der Waals surface area (Å²) in [5.41, 5.74) is 2.37. The van der Waals surface area contributed by atoms with Crippen molar-refractivity contribution in [3.05, 3.63) is 42.9 Å². The van der Waals surface area contributed by atoms with Crippen LogP contribution < -0.4 is 4.74 Å². The van der Waals surface area contributed by atoms with Crippen LogP contribution in [-0.2, 0) is 0 Å². The van der Waals surface area contributed by atoms with Crippen LogP contribution in [-0.4, -0.2) is 33.3 Å². The number of benzene rings is 2. The highest BCUT2D eigenvalue weighted by molar-refractivity contribution is 7.98. The lowest BCUT2D eigenvalue weighted by molar-refractivity contribution is 0.421. The largest absolute Gasteiger partial charge is 0.495 e. The van der Waals surface area contributed by atoms with Crippen LogP contribution in [0.15, 0.2) is 47.8 Å². The highest BCUT2D eigenvalue weighted by Gasteiger charge is 2.14. The van der Waals surface area contributed by atoms with Gasteiger partial charge in [-0.15, -0.1) is 11.8 Å². The van der Waals surface area contributed by atoms with Crippen LogP contribution in [0, 0.1) is 0 Å². The van der Waals surface area contributed by atoms with Gasteiger partial charge in [-0.05, 0) is 35.9 Å². The second kappa shape index (κ2) is 5.55. The lowest BCUT2D eigenvalue weighted by Gasteiger charge is -2.11. The molecule has 2 aromatic carbocycles. The molecule has 0 spiro atoms. The molecule has 6 heteroatoms. The third-order valence-corrected chi connectivity index (χ3v) is 4.52. The monoisotopic (exact) mass is 322 g/mol. The molecule has 1 N–H and O–H groups in total. The minimum atomic E-state index is 0.648. The molecule has 0 aliphatic rings. The Morgan fingerprint density at radius 1 is 1.17 bits per heavy atom. The molecule has 4 rings (SSSR count). The first kappa shape index (κ1) is 14.0. The van der Waals surface area contributed by atoms with E-state index in [2.05, 4.69) is 50.5 Å². The predicted molar refractivity (Wildman–Crippen MR) is 93.0 cm³/mol. The van der Waals surface area contributed by atoms with Crippen molar-refractivity contribution in [2.75, 3.05) is 13.4 Å². The minimum absolute atomic E-state index is 0.648. The molecule has 114 valence electrons.